The number of halogens is 1. The second-order valence-electron chi connectivity index (χ2n) is 13.1. The molecular formula is C30H43BrN2O3S. The minimum Gasteiger partial charge on any atom is -0.466 e. The summed E-state index contributed by atoms with van der Waals surface area (Å²) >= 11 is 9.28. The highest BCUT2D eigenvalue weighted by atomic mass is 79.9. The van der Waals surface area contributed by atoms with Crippen LogP contribution < -0.4 is 10.6 Å². The van der Waals surface area contributed by atoms with Gasteiger partial charge in [-0.3, -0.25) is 4.79 Å². The number of hydrogen-bond acceptors (Lipinski definition) is 4. The molecule has 1 aromatic rings. The number of carbonyl (C=O) groups is 1. The first-order valence-electron chi connectivity index (χ1n) is 14.1. The van der Waals surface area contributed by atoms with Gasteiger partial charge >= 0.3 is 5.97 Å². The van der Waals surface area contributed by atoms with Gasteiger partial charge in [-0.05, 0) is 123 Å². The number of aliphatic hydroxyl groups is 1. The van der Waals surface area contributed by atoms with Crippen molar-refractivity contribution >= 4 is 44.9 Å². The minimum absolute atomic E-state index is 0.00318. The number of esters is 1. The standard InChI is InChI=1S/C30H43BrN2O3S/c1-5-36-25(35)29(4)14-6-13-28(3)22(29)12-16-30-18-27(2,15-11-23(28)30)24(21(30)17-34)33-26(37)32-20-9-7-19(31)8-10-20/h7-10,21-24,34H,5-6,11-18H2,1-4H3,(H2,32,33,37)/t21-,22+,23+,24-,27+,28-,29-,30-/m1/s1. The summed E-state index contributed by atoms with van der Waals surface area (Å²) in [7, 11) is 0. The number of aliphatic hydroxyl groups excluding tert-OH is 1. The molecule has 0 saturated heterocycles. The highest BCUT2D eigenvalue weighted by molar-refractivity contribution is 9.10. The predicted octanol–water partition coefficient (Wildman–Crippen LogP) is 6.69. The van der Waals surface area contributed by atoms with Gasteiger partial charge in [-0.2, -0.15) is 0 Å². The van der Waals surface area contributed by atoms with Crippen LogP contribution in [0.15, 0.2) is 28.7 Å². The third kappa shape index (κ3) is 4.26. The van der Waals surface area contributed by atoms with Crippen LogP contribution in [0.4, 0.5) is 5.69 Å². The van der Waals surface area contributed by atoms with Crippen LogP contribution in [0.5, 0.6) is 0 Å². The smallest absolute Gasteiger partial charge is 0.312 e. The van der Waals surface area contributed by atoms with Crippen molar-refractivity contribution in [3.8, 4) is 0 Å². The molecule has 204 valence electrons. The third-order valence-corrected chi connectivity index (χ3v) is 12.1. The molecule has 5 nitrogen and oxygen atoms in total. The number of rotatable bonds is 5. The van der Waals surface area contributed by atoms with Crippen LogP contribution in [-0.2, 0) is 9.53 Å². The lowest BCUT2D eigenvalue weighted by Gasteiger charge is -2.65. The highest BCUT2D eigenvalue weighted by Gasteiger charge is 2.71. The molecule has 8 atom stereocenters. The van der Waals surface area contributed by atoms with E-state index in [4.69, 9.17) is 17.0 Å². The van der Waals surface area contributed by atoms with Gasteiger partial charge in [-0.1, -0.05) is 36.2 Å². The van der Waals surface area contributed by atoms with E-state index in [1.54, 1.807) is 0 Å². The molecule has 4 fully saturated rings. The van der Waals surface area contributed by atoms with Crippen LogP contribution in [0.2, 0.25) is 0 Å². The van der Waals surface area contributed by atoms with Crippen molar-refractivity contribution in [1.29, 1.82) is 0 Å². The van der Waals surface area contributed by atoms with E-state index in [1.165, 1.54) is 0 Å². The zero-order valence-electron chi connectivity index (χ0n) is 22.7. The maximum Gasteiger partial charge on any atom is 0.312 e. The zero-order chi connectivity index (χ0) is 26.6. The van der Waals surface area contributed by atoms with Gasteiger partial charge in [-0.15, -0.1) is 0 Å². The topological polar surface area (TPSA) is 70.6 Å². The highest BCUT2D eigenvalue weighted by Crippen LogP contribution is 2.75. The first-order chi connectivity index (χ1) is 17.5. The number of anilines is 1. The van der Waals surface area contributed by atoms with E-state index >= 15 is 0 Å². The van der Waals surface area contributed by atoms with Crippen LogP contribution >= 0.6 is 28.1 Å². The summed E-state index contributed by atoms with van der Waals surface area (Å²) < 4.78 is 6.67. The molecule has 0 aliphatic heterocycles. The Kier molecular flexibility index (Phi) is 7.24. The Hall–Kier alpha value is -1.18. The van der Waals surface area contributed by atoms with Gasteiger partial charge in [-0.25, -0.2) is 0 Å². The largest absolute Gasteiger partial charge is 0.466 e. The number of hydrogen-bond donors (Lipinski definition) is 3. The Bertz CT molecular complexity index is 1050. The van der Waals surface area contributed by atoms with E-state index in [0.717, 1.165) is 61.5 Å². The quantitative estimate of drug-likeness (QED) is 0.262. The van der Waals surface area contributed by atoms with Gasteiger partial charge < -0.3 is 20.5 Å². The lowest BCUT2D eigenvalue weighted by molar-refractivity contribution is -0.193. The Labute approximate surface area is 236 Å². The Morgan fingerprint density at radius 2 is 1.81 bits per heavy atom. The molecule has 1 spiro atoms. The second-order valence-corrected chi connectivity index (χ2v) is 14.4. The molecular weight excluding hydrogens is 548 g/mol. The number of thiocarbonyl (C=S) groups is 1. The van der Waals surface area contributed by atoms with E-state index in [0.29, 0.717) is 23.6 Å². The summed E-state index contributed by atoms with van der Waals surface area (Å²) in [5.41, 5.74) is 0.782. The summed E-state index contributed by atoms with van der Waals surface area (Å²) in [6.07, 6.45) is 8.65. The average Bonchev–Trinajstić information content (AvgIpc) is 3.01. The van der Waals surface area contributed by atoms with Crippen LogP contribution in [0.1, 0.15) is 79.1 Å². The number of carbonyl (C=O) groups excluding carboxylic acids is 1. The minimum atomic E-state index is -0.410. The summed E-state index contributed by atoms with van der Waals surface area (Å²) in [6.45, 7) is 9.57. The Balaban J connectivity index is 1.42. The van der Waals surface area contributed by atoms with Crippen LogP contribution in [0, 0.1) is 39.4 Å². The van der Waals surface area contributed by atoms with E-state index < -0.39 is 5.41 Å². The van der Waals surface area contributed by atoms with E-state index in [9.17, 15) is 9.90 Å². The molecule has 4 saturated carbocycles. The molecule has 0 radical (unpaired) electrons. The average molecular weight is 592 g/mol. The van der Waals surface area contributed by atoms with Gasteiger partial charge in [0.2, 0.25) is 0 Å². The normalized spacial score (nSPS) is 42.3. The maximum absolute atomic E-state index is 13.3. The SMILES string of the molecule is CCOC(=O)[C@]1(C)CCC[C@@]2(C)[C@@H]3CC[C@@]4(C)C[C@]3(CC[C@@H]21)[C@H](CO)[C@H]4NC(=S)Nc1ccc(Br)cc1. The molecule has 0 amide bonds. The summed E-state index contributed by atoms with van der Waals surface area (Å²) in [5, 5.41) is 18.6. The molecule has 0 heterocycles. The summed E-state index contributed by atoms with van der Waals surface area (Å²) in [5.74, 6) is 0.969. The fourth-order valence-corrected chi connectivity index (χ4v) is 10.5. The lowest BCUT2D eigenvalue weighted by atomic mass is 9.39. The summed E-state index contributed by atoms with van der Waals surface area (Å²) in [6, 6.07) is 8.15. The van der Waals surface area contributed by atoms with E-state index in [1.807, 2.05) is 31.2 Å². The van der Waals surface area contributed by atoms with Gasteiger partial charge in [0.05, 0.1) is 12.0 Å². The molecule has 0 aromatic heterocycles. The van der Waals surface area contributed by atoms with Gasteiger partial charge in [0, 0.05) is 28.7 Å². The number of fused-ring (bicyclic) bond motifs is 3. The summed E-state index contributed by atoms with van der Waals surface area (Å²) in [4.78, 5) is 13.3. The van der Waals surface area contributed by atoms with Gasteiger partial charge in [0.15, 0.2) is 5.11 Å². The molecule has 5 rings (SSSR count). The van der Waals surface area contributed by atoms with Crippen molar-refractivity contribution in [2.45, 2.75) is 85.1 Å². The molecule has 4 aliphatic carbocycles. The monoisotopic (exact) mass is 590 g/mol. The number of benzene rings is 1. The van der Waals surface area contributed by atoms with Crippen molar-refractivity contribution in [3.05, 3.63) is 28.7 Å². The molecule has 37 heavy (non-hydrogen) atoms. The van der Waals surface area contributed by atoms with Crippen molar-refractivity contribution in [3.63, 3.8) is 0 Å². The van der Waals surface area contributed by atoms with Crippen molar-refractivity contribution in [2.24, 2.45) is 39.4 Å². The third-order valence-electron chi connectivity index (χ3n) is 11.3. The van der Waals surface area contributed by atoms with Crippen molar-refractivity contribution < 1.29 is 14.6 Å². The Morgan fingerprint density at radius 1 is 1.11 bits per heavy atom. The van der Waals surface area contributed by atoms with Crippen LogP contribution in [0.25, 0.3) is 0 Å². The molecule has 0 unspecified atom stereocenters. The van der Waals surface area contributed by atoms with Crippen LogP contribution in [0.3, 0.4) is 0 Å². The molecule has 7 heteroatoms. The fourth-order valence-electron chi connectivity index (χ4n) is 9.97. The lowest BCUT2D eigenvalue weighted by Crippen LogP contribution is -2.60. The van der Waals surface area contributed by atoms with Crippen molar-refractivity contribution in [1.82, 2.24) is 5.32 Å². The van der Waals surface area contributed by atoms with Gasteiger partial charge in [0.25, 0.3) is 0 Å². The molecule has 3 N–H and O–H groups in total. The molecule has 1 aromatic carbocycles. The number of nitrogens with one attached hydrogen (secondary N) is 2. The maximum atomic E-state index is 13.3. The van der Waals surface area contributed by atoms with E-state index in [2.05, 4.69) is 47.3 Å². The van der Waals surface area contributed by atoms with Crippen LogP contribution in [-0.4, -0.2) is 35.4 Å². The zero-order valence-corrected chi connectivity index (χ0v) is 25.1. The molecule has 4 aliphatic rings. The molecule has 2 bridgehead atoms. The second kappa shape index (κ2) is 9.78. The Morgan fingerprint density at radius 3 is 2.49 bits per heavy atom. The number of ether oxygens (including phenoxy) is 1. The van der Waals surface area contributed by atoms with Gasteiger partial charge in [0.1, 0.15) is 0 Å². The van der Waals surface area contributed by atoms with E-state index in [-0.39, 0.29) is 40.8 Å². The first kappa shape index (κ1) is 27.4. The first-order valence-corrected chi connectivity index (χ1v) is 15.3. The van der Waals surface area contributed by atoms with Crippen molar-refractivity contribution in [2.75, 3.05) is 18.5 Å². The fraction of sp³-hybridized carbons (Fsp3) is 0.733. The predicted molar refractivity (Wildman–Crippen MR) is 155 cm³/mol.